The van der Waals surface area contributed by atoms with E-state index in [9.17, 15) is 0 Å². The average Bonchev–Trinajstić information content (AvgIpc) is 3.51. The molecule has 400 valence electrons. The normalized spacial score (nSPS) is 11.7. The molecule has 79 heavy (non-hydrogen) atoms. The molecule has 10 aromatic rings. The van der Waals surface area contributed by atoms with Crippen LogP contribution in [0.5, 0.6) is 0 Å². The van der Waals surface area contributed by atoms with E-state index in [2.05, 4.69) is 251 Å². The molecular formula is C72H72N6Pt. The Balaban J connectivity index is 0.000000205. The van der Waals surface area contributed by atoms with Crippen LogP contribution in [0.3, 0.4) is 0 Å². The van der Waals surface area contributed by atoms with Gasteiger partial charge in [0.15, 0.2) is 0 Å². The van der Waals surface area contributed by atoms with Crippen LogP contribution in [-0.4, -0.2) is 19.9 Å². The monoisotopic (exact) mass is 1220 g/mol. The maximum Gasteiger partial charge on any atom is 2.00 e. The Kier molecular flexibility index (Phi) is 17.5. The van der Waals surface area contributed by atoms with Gasteiger partial charge in [-0.3, -0.25) is 19.8 Å². The molecule has 6 aromatic carbocycles. The van der Waals surface area contributed by atoms with E-state index in [1.807, 2.05) is 72.8 Å². The summed E-state index contributed by atoms with van der Waals surface area (Å²) < 4.78 is 0. The predicted molar refractivity (Wildman–Crippen MR) is 328 cm³/mol. The van der Waals surface area contributed by atoms with Gasteiger partial charge >= 0.3 is 21.1 Å². The molecule has 0 saturated heterocycles. The van der Waals surface area contributed by atoms with Crippen LogP contribution in [0.15, 0.2) is 218 Å². The van der Waals surface area contributed by atoms with Crippen molar-refractivity contribution in [1.29, 1.82) is 0 Å². The quantitative estimate of drug-likeness (QED) is 0.127. The van der Waals surface area contributed by atoms with Crippen LogP contribution < -0.4 is 9.80 Å². The van der Waals surface area contributed by atoms with Gasteiger partial charge in [-0.05, 0) is 116 Å². The van der Waals surface area contributed by atoms with Crippen molar-refractivity contribution < 1.29 is 21.1 Å². The molecule has 4 heterocycles. The molecule has 4 aromatic heterocycles. The van der Waals surface area contributed by atoms with Gasteiger partial charge in [0.05, 0.1) is 11.4 Å². The first-order valence-electron chi connectivity index (χ1n) is 27.0. The van der Waals surface area contributed by atoms with Crippen molar-refractivity contribution in [2.45, 2.75) is 105 Å². The summed E-state index contributed by atoms with van der Waals surface area (Å²) in [4.78, 5) is 25.0. The minimum absolute atomic E-state index is 0. The van der Waals surface area contributed by atoms with Crippen LogP contribution >= 0.6 is 0 Å². The van der Waals surface area contributed by atoms with Crippen molar-refractivity contribution in [1.82, 2.24) is 19.9 Å². The number of nitrogens with zero attached hydrogens (tertiary/aromatic N) is 6. The zero-order valence-corrected chi connectivity index (χ0v) is 50.1. The summed E-state index contributed by atoms with van der Waals surface area (Å²) in [6.45, 7) is 27.2. The topological polar surface area (TPSA) is 58.0 Å². The van der Waals surface area contributed by atoms with Crippen molar-refractivity contribution in [3.63, 3.8) is 0 Å². The number of rotatable bonds is 10. The Bertz CT molecular complexity index is 3140. The second-order valence-corrected chi connectivity index (χ2v) is 24.0. The van der Waals surface area contributed by atoms with Crippen LogP contribution in [0.25, 0.3) is 45.0 Å². The van der Waals surface area contributed by atoms with E-state index in [0.717, 1.165) is 79.7 Å². The molecule has 7 heteroatoms. The first-order valence-corrected chi connectivity index (χ1v) is 27.0. The maximum atomic E-state index is 5.17. The van der Waals surface area contributed by atoms with Gasteiger partial charge in [-0.1, -0.05) is 192 Å². The second-order valence-electron chi connectivity index (χ2n) is 24.0. The average molecular weight is 1220 g/mol. The molecule has 10 rings (SSSR count). The summed E-state index contributed by atoms with van der Waals surface area (Å²) in [5.74, 6) is 3.27. The molecular weight excluding hydrogens is 1140 g/mol. The van der Waals surface area contributed by atoms with Crippen LogP contribution in [0.2, 0.25) is 0 Å². The Morgan fingerprint density at radius 1 is 0.291 bits per heavy atom. The number of aromatic nitrogens is 4. The molecule has 0 fully saturated rings. The number of benzene rings is 6. The first kappa shape index (κ1) is 57.4. The summed E-state index contributed by atoms with van der Waals surface area (Å²) in [6, 6.07) is 81.8. The van der Waals surface area contributed by atoms with Crippen molar-refractivity contribution in [3.05, 3.63) is 253 Å². The third-order valence-electron chi connectivity index (χ3n) is 13.8. The Hall–Kier alpha value is -7.79. The van der Waals surface area contributed by atoms with Crippen LogP contribution in [0.1, 0.15) is 105 Å². The van der Waals surface area contributed by atoms with E-state index >= 15 is 0 Å². The SMILES string of the molecule is CC(C)(C)c1cc(N(c2cccc(-c3[c-]cccc3)n2)c2cccc(-c3[c-]cccc3)n2)cc(C(C)(C)C)c1.CC(C)(C)c1cc(N(c2cccc(-c3ccccc3)n2)c2cccc(-c3ccccc3)n2)cc(C(C)(C)C)c1.[Pt+2]. The van der Waals surface area contributed by atoms with Gasteiger partial charge in [0.25, 0.3) is 0 Å². The molecule has 0 bridgehead atoms. The molecule has 0 atom stereocenters. The standard InChI is InChI=1S/C36H37N3.C36H35N3.Pt/c2*1-35(2,3)28-23-29(36(4,5)6)25-30(24-28)39(33-21-13-19-31(37-33)26-15-9-7-10-16-26)34-22-14-20-32(38-34)27-17-11-8-12-18-27;/h7-25H,1-6H3;7-15,17,19-25H,1-6H3;/q;-2;+2. The fourth-order valence-corrected chi connectivity index (χ4v) is 9.11. The third kappa shape index (κ3) is 14.1. The molecule has 0 radical (unpaired) electrons. The molecule has 0 amide bonds. The fourth-order valence-electron chi connectivity index (χ4n) is 9.11. The minimum atomic E-state index is -0.0236. The Morgan fingerprint density at radius 3 is 0.848 bits per heavy atom. The molecule has 0 aliphatic heterocycles. The van der Waals surface area contributed by atoms with Crippen LogP contribution in [0, 0.1) is 12.1 Å². The molecule has 0 saturated carbocycles. The van der Waals surface area contributed by atoms with Crippen LogP contribution in [0.4, 0.5) is 34.6 Å². The maximum absolute atomic E-state index is 5.17. The van der Waals surface area contributed by atoms with E-state index < -0.39 is 0 Å². The largest absolute Gasteiger partial charge is 2.00 e. The molecule has 0 aliphatic carbocycles. The number of pyridine rings is 4. The predicted octanol–water partition coefficient (Wildman–Crippen LogP) is 19.3. The van der Waals surface area contributed by atoms with Crippen molar-refractivity contribution >= 4 is 34.6 Å². The van der Waals surface area contributed by atoms with Gasteiger partial charge in [0, 0.05) is 22.5 Å². The van der Waals surface area contributed by atoms with Crippen LogP contribution in [-0.2, 0) is 42.7 Å². The van der Waals surface area contributed by atoms with Crippen molar-refractivity contribution in [2.24, 2.45) is 0 Å². The summed E-state index contributed by atoms with van der Waals surface area (Å²) in [6.07, 6.45) is 0. The first-order chi connectivity index (χ1) is 37.2. The smallest absolute Gasteiger partial charge is 0.280 e. The summed E-state index contributed by atoms with van der Waals surface area (Å²) in [7, 11) is 0. The van der Waals surface area contributed by atoms with E-state index in [1.165, 1.54) is 22.3 Å². The molecule has 0 aliphatic rings. The van der Waals surface area contributed by atoms with E-state index in [-0.39, 0.29) is 42.7 Å². The number of hydrogen-bond acceptors (Lipinski definition) is 6. The van der Waals surface area contributed by atoms with Gasteiger partial charge in [0.1, 0.15) is 23.3 Å². The molecule has 0 spiro atoms. The van der Waals surface area contributed by atoms with Gasteiger partial charge in [-0.2, -0.15) is 0 Å². The van der Waals surface area contributed by atoms with Gasteiger partial charge in [0.2, 0.25) is 0 Å². The Morgan fingerprint density at radius 2 is 0.570 bits per heavy atom. The fraction of sp³-hybridized carbons (Fsp3) is 0.222. The third-order valence-corrected chi connectivity index (χ3v) is 13.8. The molecule has 0 N–H and O–H groups in total. The van der Waals surface area contributed by atoms with Gasteiger partial charge in [-0.15, -0.1) is 71.8 Å². The minimum Gasteiger partial charge on any atom is -0.280 e. The molecule has 6 nitrogen and oxygen atoms in total. The van der Waals surface area contributed by atoms with Gasteiger partial charge in [-0.25, -0.2) is 9.97 Å². The summed E-state index contributed by atoms with van der Waals surface area (Å²) in [5, 5.41) is 0. The zero-order chi connectivity index (χ0) is 55.2. The zero-order valence-electron chi connectivity index (χ0n) is 47.8. The number of anilines is 6. The Labute approximate surface area is 485 Å². The molecule has 0 unspecified atom stereocenters. The summed E-state index contributed by atoms with van der Waals surface area (Å²) >= 11 is 0. The van der Waals surface area contributed by atoms with Gasteiger partial charge < -0.3 is 0 Å². The van der Waals surface area contributed by atoms with Crippen molar-refractivity contribution in [3.8, 4) is 45.0 Å². The van der Waals surface area contributed by atoms with E-state index in [4.69, 9.17) is 19.9 Å². The summed E-state index contributed by atoms with van der Waals surface area (Å²) in [5.41, 5.74) is 14.8. The number of hydrogen-bond donors (Lipinski definition) is 0. The second kappa shape index (κ2) is 24.1. The van der Waals surface area contributed by atoms with Crippen molar-refractivity contribution in [2.75, 3.05) is 9.80 Å². The van der Waals surface area contributed by atoms with E-state index in [0.29, 0.717) is 0 Å². The van der Waals surface area contributed by atoms with E-state index in [1.54, 1.807) is 0 Å².